The van der Waals surface area contributed by atoms with E-state index < -0.39 is 0 Å². The average molecular weight is 970 g/mol. The van der Waals surface area contributed by atoms with Crippen molar-refractivity contribution in [1.29, 1.82) is 10.5 Å². The van der Waals surface area contributed by atoms with E-state index in [1.165, 1.54) is 169 Å². The molecule has 0 heterocycles. The van der Waals surface area contributed by atoms with Gasteiger partial charge in [-0.2, -0.15) is 10.5 Å². The Bertz CT molecular complexity index is 2430. The van der Waals surface area contributed by atoms with E-state index in [-0.39, 0.29) is 5.57 Å². The molecule has 0 atom stereocenters. The van der Waals surface area contributed by atoms with Crippen molar-refractivity contribution in [3.63, 3.8) is 0 Å². The summed E-state index contributed by atoms with van der Waals surface area (Å²) in [6.45, 7) is 11.7. The van der Waals surface area contributed by atoms with Gasteiger partial charge in [-0.05, 0) is 106 Å². The Morgan fingerprint density at radius 2 is 0.575 bits per heavy atom. The summed E-state index contributed by atoms with van der Waals surface area (Å²) in [4.78, 5) is 2.83. The van der Waals surface area contributed by atoms with Gasteiger partial charge in [0.15, 0.2) is 0 Å². The molecule has 0 saturated heterocycles. The zero-order chi connectivity index (χ0) is 51.6. The van der Waals surface area contributed by atoms with Crippen LogP contribution in [0.4, 0.5) is 5.69 Å². The van der Waals surface area contributed by atoms with Gasteiger partial charge < -0.3 is 4.90 Å². The van der Waals surface area contributed by atoms with Crippen LogP contribution >= 0.6 is 0 Å². The van der Waals surface area contributed by atoms with Crippen molar-refractivity contribution in [3.8, 4) is 12.1 Å². The van der Waals surface area contributed by atoms with Crippen LogP contribution in [-0.2, 0) is 0 Å². The number of hydrogen-bond acceptors (Lipinski definition) is 3. The molecular weight excluding hydrogens is 883 g/mol. The molecule has 0 N–H and O–H groups in total. The molecule has 5 aromatic rings. The Morgan fingerprint density at radius 1 is 0.342 bits per heavy atom. The maximum atomic E-state index is 9.00. The van der Waals surface area contributed by atoms with Gasteiger partial charge in [-0.3, -0.25) is 0 Å². The van der Waals surface area contributed by atoms with Crippen LogP contribution in [0, 0.1) is 34.5 Å². The predicted molar refractivity (Wildman–Crippen MR) is 321 cm³/mol. The minimum absolute atomic E-state index is 0.0978. The highest BCUT2D eigenvalue weighted by Crippen LogP contribution is 2.28. The predicted octanol–water partition coefficient (Wildman–Crippen LogP) is 20.7. The number of benzene rings is 5. The van der Waals surface area contributed by atoms with Crippen molar-refractivity contribution in [2.24, 2.45) is 11.8 Å². The maximum absolute atomic E-state index is 9.00. The molecule has 0 aromatic heterocycles. The zero-order valence-electron chi connectivity index (χ0n) is 45.3. The van der Waals surface area contributed by atoms with Crippen LogP contribution in [0.25, 0.3) is 54.7 Å². The van der Waals surface area contributed by atoms with E-state index in [1.807, 2.05) is 36.4 Å². The van der Waals surface area contributed by atoms with Crippen LogP contribution in [0.3, 0.4) is 0 Å². The number of anilines is 1. The van der Waals surface area contributed by atoms with Gasteiger partial charge in [0, 0.05) is 18.8 Å². The first-order chi connectivity index (χ1) is 35.9. The van der Waals surface area contributed by atoms with Crippen molar-refractivity contribution >= 4 is 60.4 Å². The standard InChI is InChI=1S/C70H87N3/c1-5-9-13-17-21-67(22-18-14-10-6-2)56-73(57-68(23-19-15-11-7-3)24-20-16-12-8-4)70-51-49-65(50-52-70)44-43-63-39-37-61(38-40-63)32-31-59-27-25-58(26-28-59)29-30-60-33-35-62(36-34-60)41-42-64-45-47-66(48-46-64)53-69(54-71)55-72/h25-53,67-68H,5-24,56-57H2,1-4H3/b30-29+,32-31+,42-41+,44-43+. The lowest BCUT2D eigenvalue weighted by atomic mass is 9.91. The Kier molecular flexibility index (Phi) is 27.4. The number of nitriles is 2. The van der Waals surface area contributed by atoms with Crippen LogP contribution < -0.4 is 4.90 Å². The van der Waals surface area contributed by atoms with E-state index in [4.69, 9.17) is 10.5 Å². The summed E-state index contributed by atoms with van der Waals surface area (Å²) >= 11 is 0. The monoisotopic (exact) mass is 970 g/mol. The fourth-order valence-electron chi connectivity index (χ4n) is 9.68. The van der Waals surface area contributed by atoms with Crippen molar-refractivity contribution in [2.45, 2.75) is 156 Å². The SMILES string of the molecule is CCCCCCC(CCCCCC)CN(CC(CCCCCC)CCCCCC)c1ccc(/C=C/c2ccc(/C=C/c3ccc(/C=C/c4ccc(/C=C/c5ccc(C=C(C#N)C#N)cc5)cc4)cc3)cc2)cc1. The van der Waals surface area contributed by atoms with Gasteiger partial charge in [-0.1, -0.05) is 288 Å². The fourth-order valence-corrected chi connectivity index (χ4v) is 9.68. The number of allylic oxidation sites excluding steroid dienone is 1. The summed E-state index contributed by atoms with van der Waals surface area (Å²) in [5, 5.41) is 18.0. The fraction of sp³-hybridized carbons (Fsp3) is 0.400. The molecule has 0 fully saturated rings. The molecule has 0 radical (unpaired) electrons. The summed E-state index contributed by atoms with van der Waals surface area (Å²) in [6.07, 6.45) is 46.2. The second-order valence-corrected chi connectivity index (χ2v) is 20.4. The van der Waals surface area contributed by atoms with Gasteiger partial charge in [-0.15, -0.1) is 0 Å². The second kappa shape index (κ2) is 34.9. The molecule has 382 valence electrons. The molecule has 0 spiro atoms. The molecular formula is C70H87N3. The molecule has 3 nitrogen and oxygen atoms in total. The minimum Gasteiger partial charge on any atom is -0.371 e. The summed E-state index contributed by atoms with van der Waals surface area (Å²) in [7, 11) is 0. The number of rotatable bonds is 34. The molecule has 0 aliphatic rings. The molecule has 0 saturated carbocycles. The van der Waals surface area contributed by atoms with Gasteiger partial charge in [0.05, 0.1) is 0 Å². The van der Waals surface area contributed by atoms with Crippen LogP contribution in [0.5, 0.6) is 0 Å². The maximum Gasteiger partial charge on any atom is 0.130 e. The largest absolute Gasteiger partial charge is 0.371 e. The Labute approximate surface area is 443 Å². The lowest BCUT2D eigenvalue weighted by Crippen LogP contribution is -2.34. The smallest absolute Gasteiger partial charge is 0.130 e. The first-order valence-corrected chi connectivity index (χ1v) is 28.4. The molecule has 5 aromatic carbocycles. The van der Waals surface area contributed by atoms with Crippen LogP contribution in [-0.4, -0.2) is 13.1 Å². The Balaban J connectivity index is 1.16. The highest BCUT2D eigenvalue weighted by atomic mass is 15.1. The van der Waals surface area contributed by atoms with E-state index in [0.717, 1.165) is 39.7 Å². The zero-order valence-corrected chi connectivity index (χ0v) is 45.3. The van der Waals surface area contributed by atoms with E-state index in [1.54, 1.807) is 6.08 Å². The van der Waals surface area contributed by atoms with Crippen LogP contribution in [0.2, 0.25) is 0 Å². The van der Waals surface area contributed by atoms with E-state index in [0.29, 0.717) is 0 Å². The lowest BCUT2D eigenvalue weighted by Gasteiger charge is -2.33. The highest BCUT2D eigenvalue weighted by Gasteiger charge is 2.20. The molecule has 0 aliphatic carbocycles. The number of hydrogen-bond donors (Lipinski definition) is 0. The molecule has 3 heteroatoms. The average Bonchev–Trinajstić information content (AvgIpc) is 3.43. The third-order valence-corrected chi connectivity index (χ3v) is 14.2. The van der Waals surface area contributed by atoms with Crippen molar-refractivity contribution < 1.29 is 0 Å². The minimum atomic E-state index is 0.0978. The van der Waals surface area contributed by atoms with Crippen molar-refractivity contribution in [3.05, 3.63) is 177 Å². The molecule has 5 rings (SSSR count). The quantitative estimate of drug-likeness (QED) is 0.0234. The Morgan fingerprint density at radius 3 is 0.808 bits per heavy atom. The molecule has 0 unspecified atom stereocenters. The highest BCUT2D eigenvalue weighted by molar-refractivity contribution is 5.76. The van der Waals surface area contributed by atoms with Crippen molar-refractivity contribution in [1.82, 2.24) is 0 Å². The van der Waals surface area contributed by atoms with E-state index >= 15 is 0 Å². The van der Waals surface area contributed by atoms with Gasteiger partial charge in [0.25, 0.3) is 0 Å². The second-order valence-electron chi connectivity index (χ2n) is 20.4. The third-order valence-electron chi connectivity index (χ3n) is 14.2. The van der Waals surface area contributed by atoms with Gasteiger partial charge >= 0.3 is 0 Å². The lowest BCUT2D eigenvalue weighted by molar-refractivity contribution is 0.368. The summed E-state index contributed by atoms with van der Waals surface area (Å²) in [6, 6.07) is 47.1. The van der Waals surface area contributed by atoms with Crippen LogP contribution in [0.15, 0.2) is 127 Å². The molecule has 0 amide bonds. The van der Waals surface area contributed by atoms with Crippen molar-refractivity contribution in [2.75, 3.05) is 18.0 Å². The van der Waals surface area contributed by atoms with E-state index in [9.17, 15) is 0 Å². The van der Waals surface area contributed by atoms with E-state index in [2.05, 4.69) is 178 Å². The summed E-state index contributed by atoms with van der Waals surface area (Å²) in [5.74, 6) is 1.54. The van der Waals surface area contributed by atoms with Crippen LogP contribution in [0.1, 0.15) is 206 Å². The normalized spacial score (nSPS) is 11.7. The Hall–Kier alpha value is -6.42. The van der Waals surface area contributed by atoms with Gasteiger partial charge in [0.1, 0.15) is 17.7 Å². The first kappa shape index (κ1) is 57.5. The molecule has 0 bridgehead atoms. The number of unbranched alkanes of at least 4 members (excludes halogenated alkanes) is 12. The first-order valence-electron chi connectivity index (χ1n) is 28.4. The molecule has 0 aliphatic heterocycles. The summed E-state index contributed by atoms with van der Waals surface area (Å²) < 4.78 is 0. The third kappa shape index (κ3) is 22.9. The molecule has 73 heavy (non-hydrogen) atoms. The topological polar surface area (TPSA) is 50.8 Å². The number of nitrogens with zero attached hydrogens (tertiary/aromatic N) is 3. The van der Waals surface area contributed by atoms with Gasteiger partial charge in [0.2, 0.25) is 0 Å². The van der Waals surface area contributed by atoms with Gasteiger partial charge in [-0.25, -0.2) is 0 Å². The summed E-state index contributed by atoms with van der Waals surface area (Å²) in [5.41, 5.74) is 11.6.